The molecule has 0 radical (unpaired) electrons. The molecular weight excluding hydrogens is 315 g/mol. The number of fused-ring (bicyclic) bond motifs is 1. The van der Waals surface area contributed by atoms with E-state index in [4.69, 9.17) is 0 Å². The number of pyridine rings is 1. The molecule has 0 spiro atoms. The molecule has 1 aromatic heterocycles. The number of thioether (sulfide) groups is 1. The largest absolute Gasteiger partial charge is 0.446 e. The Morgan fingerprint density at radius 3 is 2.50 bits per heavy atom. The second-order valence-electron chi connectivity index (χ2n) is 4.57. The molecule has 1 aliphatic rings. The van der Waals surface area contributed by atoms with Crippen molar-refractivity contribution in [2.45, 2.75) is 16.6 Å². The molecule has 2 aromatic rings. The Labute approximate surface area is 128 Å². The van der Waals surface area contributed by atoms with Crippen LogP contribution in [0.5, 0.6) is 0 Å². The number of rotatable bonds is 2. The fourth-order valence-electron chi connectivity index (χ4n) is 2.11. The Morgan fingerprint density at radius 1 is 1.09 bits per heavy atom. The molecule has 114 valence electrons. The average Bonchev–Trinajstić information content (AvgIpc) is 2.46. The van der Waals surface area contributed by atoms with Gasteiger partial charge in [0.05, 0.1) is 5.56 Å². The first-order chi connectivity index (χ1) is 10.4. The number of carbonyl (C=O) groups excluding carboxylic acids is 1. The van der Waals surface area contributed by atoms with Crippen LogP contribution in [-0.4, -0.2) is 16.4 Å². The molecule has 1 atom stereocenters. The lowest BCUT2D eigenvalue weighted by atomic mass is 10.1. The summed E-state index contributed by atoms with van der Waals surface area (Å²) in [6, 6.07) is 9.12. The van der Waals surface area contributed by atoms with Crippen LogP contribution < -0.4 is 10.6 Å². The van der Waals surface area contributed by atoms with Gasteiger partial charge < -0.3 is 10.6 Å². The highest BCUT2D eigenvalue weighted by atomic mass is 32.2. The first kappa shape index (κ1) is 14.7. The van der Waals surface area contributed by atoms with Crippen LogP contribution in [0.15, 0.2) is 47.5 Å². The summed E-state index contributed by atoms with van der Waals surface area (Å²) in [6.07, 6.45) is 1.03. The summed E-state index contributed by atoms with van der Waals surface area (Å²) in [4.78, 5) is 16.2. The molecule has 1 aliphatic heterocycles. The number of nitrogens with one attached hydrogen (secondary N) is 2. The standard InChI is InChI=1S/C14H10F3N3OS/c15-14(16,17)22-9-5-3-8(4-6-9)11-19-12-10(13(21)20-11)2-1-7-18-12/h1-7,11H,(H,18,19)(H,20,21). The average molecular weight is 325 g/mol. The number of halogens is 3. The van der Waals surface area contributed by atoms with Crippen molar-refractivity contribution < 1.29 is 18.0 Å². The Morgan fingerprint density at radius 2 is 1.82 bits per heavy atom. The predicted molar refractivity (Wildman–Crippen MR) is 76.4 cm³/mol. The second kappa shape index (κ2) is 5.53. The highest BCUT2D eigenvalue weighted by Gasteiger charge is 2.29. The van der Waals surface area contributed by atoms with E-state index in [0.717, 1.165) is 0 Å². The van der Waals surface area contributed by atoms with Crippen molar-refractivity contribution in [3.05, 3.63) is 53.7 Å². The summed E-state index contributed by atoms with van der Waals surface area (Å²) >= 11 is -0.175. The van der Waals surface area contributed by atoms with Gasteiger partial charge >= 0.3 is 5.51 Å². The van der Waals surface area contributed by atoms with Crippen molar-refractivity contribution in [2.24, 2.45) is 0 Å². The van der Waals surface area contributed by atoms with Gasteiger partial charge in [-0.25, -0.2) is 4.98 Å². The van der Waals surface area contributed by atoms with Gasteiger partial charge in [0.15, 0.2) is 0 Å². The van der Waals surface area contributed by atoms with E-state index < -0.39 is 11.7 Å². The third-order valence-corrected chi connectivity index (χ3v) is 3.80. The van der Waals surface area contributed by atoms with Crippen LogP contribution in [0.4, 0.5) is 19.0 Å². The van der Waals surface area contributed by atoms with Crippen LogP contribution in [0.3, 0.4) is 0 Å². The van der Waals surface area contributed by atoms with Crippen LogP contribution >= 0.6 is 11.8 Å². The van der Waals surface area contributed by atoms with Crippen molar-refractivity contribution in [2.75, 3.05) is 5.32 Å². The van der Waals surface area contributed by atoms with Gasteiger partial charge in [0.1, 0.15) is 12.0 Å². The minimum Gasteiger partial charge on any atom is -0.346 e. The Balaban J connectivity index is 1.80. The van der Waals surface area contributed by atoms with E-state index in [1.165, 1.54) is 12.1 Å². The number of aromatic nitrogens is 1. The summed E-state index contributed by atoms with van der Waals surface area (Å²) in [5.41, 5.74) is -3.24. The minimum atomic E-state index is -4.32. The number of alkyl halides is 3. The molecular formula is C14H10F3N3OS. The van der Waals surface area contributed by atoms with Crippen LogP contribution in [-0.2, 0) is 0 Å². The molecule has 3 rings (SSSR count). The van der Waals surface area contributed by atoms with E-state index >= 15 is 0 Å². The Kier molecular flexibility index (Phi) is 3.69. The van der Waals surface area contributed by atoms with Gasteiger partial charge in [-0.05, 0) is 41.6 Å². The van der Waals surface area contributed by atoms with Crippen molar-refractivity contribution in [3.63, 3.8) is 0 Å². The van der Waals surface area contributed by atoms with Gasteiger partial charge in [0, 0.05) is 11.1 Å². The summed E-state index contributed by atoms with van der Waals surface area (Å²) in [6.45, 7) is 0. The van der Waals surface area contributed by atoms with Gasteiger partial charge in [-0.3, -0.25) is 4.79 Å². The second-order valence-corrected chi connectivity index (χ2v) is 5.71. The molecule has 8 heteroatoms. The molecule has 0 bridgehead atoms. The first-order valence-corrected chi connectivity index (χ1v) is 7.12. The molecule has 0 saturated carbocycles. The molecule has 1 aromatic carbocycles. The summed E-state index contributed by atoms with van der Waals surface area (Å²) < 4.78 is 36.9. The fourth-order valence-corrected chi connectivity index (χ4v) is 2.65. The van der Waals surface area contributed by atoms with Crippen LogP contribution in [0.1, 0.15) is 22.1 Å². The van der Waals surface area contributed by atoms with Crippen LogP contribution in [0.2, 0.25) is 0 Å². The van der Waals surface area contributed by atoms with Crippen LogP contribution in [0.25, 0.3) is 0 Å². The SMILES string of the molecule is O=C1NC(c2ccc(SC(F)(F)F)cc2)Nc2ncccc21. The van der Waals surface area contributed by atoms with Crippen LogP contribution in [0, 0.1) is 0 Å². The molecule has 2 heterocycles. The smallest absolute Gasteiger partial charge is 0.346 e. The number of anilines is 1. The van der Waals surface area contributed by atoms with Crippen molar-refractivity contribution in [1.29, 1.82) is 0 Å². The zero-order chi connectivity index (χ0) is 15.7. The quantitative estimate of drug-likeness (QED) is 0.829. The third kappa shape index (κ3) is 3.16. The maximum atomic E-state index is 12.3. The zero-order valence-corrected chi connectivity index (χ0v) is 11.8. The summed E-state index contributed by atoms with van der Waals surface area (Å²) in [7, 11) is 0. The summed E-state index contributed by atoms with van der Waals surface area (Å²) in [5, 5.41) is 5.78. The zero-order valence-electron chi connectivity index (χ0n) is 11.0. The molecule has 22 heavy (non-hydrogen) atoms. The number of hydrogen-bond donors (Lipinski definition) is 2. The molecule has 1 amide bonds. The summed E-state index contributed by atoms with van der Waals surface area (Å²) in [5.74, 6) is 0.172. The Hall–Kier alpha value is -2.22. The lowest BCUT2D eigenvalue weighted by Crippen LogP contribution is -2.38. The van der Waals surface area contributed by atoms with E-state index in [1.807, 2.05) is 0 Å². The lowest BCUT2D eigenvalue weighted by molar-refractivity contribution is -0.0328. The predicted octanol–water partition coefficient (Wildman–Crippen LogP) is 3.55. The molecule has 0 saturated heterocycles. The number of benzene rings is 1. The maximum Gasteiger partial charge on any atom is 0.446 e. The monoisotopic (exact) mass is 325 g/mol. The highest BCUT2D eigenvalue weighted by molar-refractivity contribution is 8.00. The number of nitrogens with zero attached hydrogens (tertiary/aromatic N) is 1. The van der Waals surface area contributed by atoms with Gasteiger partial charge in [-0.1, -0.05) is 12.1 Å². The normalized spacial score (nSPS) is 17.4. The number of carbonyl (C=O) groups is 1. The molecule has 1 unspecified atom stereocenters. The van der Waals surface area contributed by atoms with Gasteiger partial charge in [-0.15, -0.1) is 0 Å². The minimum absolute atomic E-state index is 0.0944. The van der Waals surface area contributed by atoms with Gasteiger partial charge in [0.25, 0.3) is 5.91 Å². The highest BCUT2D eigenvalue weighted by Crippen LogP contribution is 2.37. The molecule has 0 fully saturated rings. The van der Waals surface area contributed by atoms with Crippen molar-refractivity contribution >= 4 is 23.5 Å². The van der Waals surface area contributed by atoms with Gasteiger partial charge in [0.2, 0.25) is 0 Å². The van der Waals surface area contributed by atoms with E-state index in [1.54, 1.807) is 30.5 Å². The Bertz CT molecular complexity index is 703. The lowest BCUT2D eigenvalue weighted by Gasteiger charge is -2.27. The van der Waals surface area contributed by atoms with Crippen molar-refractivity contribution in [3.8, 4) is 0 Å². The van der Waals surface area contributed by atoms with Gasteiger partial charge in [-0.2, -0.15) is 13.2 Å². The topological polar surface area (TPSA) is 54.0 Å². The fraction of sp³-hybridized carbons (Fsp3) is 0.143. The van der Waals surface area contributed by atoms with E-state index in [9.17, 15) is 18.0 Å². The van der Waals surface area contributed by atoms with Crippen molar-refractivity contribution in [1.82, 2.24) is 10.3 Å². The molecule has 2 N–H and O–H groups in total. The maximum absolute atomic E-state index is 12.3. The van der Waals surface area contributed by atoms with E-state index in [0.29, 0.717) is 16.9 Å². The molecule has 4 nitrogen and oxygen atoms in total. The van der Waals surface area contributed by atoms with E-state index in [-0.39, 0.29) is 22.6 Å². The number of amides is 1. The third-order valence-electron chi connectivity index (χ3n) is 3.06. The number of hydrogen-bond acceptors (Lipinski definition) is 4. The van der Waals surface area contributed by atoms with E-state index in [2.05, 4.69) is 15.6 Å². The molecule has 0 aliphatic carbocycles. The first-order valence-electron chi connectivity index (χ1n) is 6.30.